The van der Waals surface area contributed by atoms with E-state index in [1.807, 2.05) is 30.3 Å². The minimum atomic E-state index is -1.45. The number of fused-ring (bicyclic) bond motifs is 2. The van der Waals surface area contributed by atoms with Crippen molar-refractivity contribution in [2.24, 2.45) is 0 Å². The van der Waals surface area contributed by atoms with Gasteiger partial charge in [-0.15, -0.1) is 0 Å². The Hall–Kier alpha value is -2.96. The van der Waals surface area contributed by atoms with Crippen molar-refractivity contribution in [2.75, 3.05) is 19.5 Å². The van der Waals surface area contributed by atoms with Gasteiger partial charge in [-0.2, -0.15) is 0 Å². The van der Waals surface area contributed by atoms with Crippen LogP contribution >= 0.6 is 0 Å². The summed E-state index contributed by atoms with van der Waals surface area (Å²) in [6, 6.07) is 14.2. The highest BCUT2D eigenvalue weighted by atomic mass is 16.7. The number of carbonyl (C=O) groups excluding carboxylic acids is 1. The van der Waals surface area contributed by atoms with Crippen molar-refractivity contribution < 1.29 is 18.7 Å². The smallest absolute Gasteiger partial charge is 0.336 e. The van der Waals surface area contributed by atoms with E-state index in [1.165, 1.54) is 20.3 Å². The average molecular weight is 337 g/mol. The number of nitrogens with one attached hydrogen (secondary N) is 1. The summed E-state index contributed by atoms with van der Waals surface area (Å²) in [5, 5.41) is 3.58. The molecule has 1 aliphatic rings. The van der Waals surface area contributed by atoms with Gasteiger partial charge in [0.15, 0.2) is 0 Å². The Labute approximate surface area is 143 Å². The van der Waals surface area contributed by atoms with Crippen molar-refractivity contribution in [3.05, 3.63) is 64.5 Å². The van der Waals surface area contributed by atoms with E-state index >= 15 is 0 Å². The fraction of sp³-hybridized carbons (Fsp3) is 0.158. The number of methoxy groups -OCH3 is 2. The predicted molar refractivity (Wildman–Crippen MR) is 92.2 cm³/mol. The molecule has 1 aromatic heterocycles. The molecule has 25 heavy (non-hydrogen) atoms. The molecule has 4 rings (SSSR count). The average Bonchev–Trinajstić information content (AvgIpc) is 2.92. The Kier molecular flexibility index (Phi) is 3.45. The second kappa shape index (κ2) is 5.54. The molecule has 1 amide bonds. The van der Waals surface area contributed by atoms with Crippen LogP contribution in [0, 0.1) is 0 Å². The third kappa shape index (κ3) is 2.26. The zero-order valence-electron chi connectivity index (χ0n) is 13.7. The molecule has 126 valence electrons. The lowest BCUT2D eigenvalue weighted by Gasteiger charge is -2.23. The van der Waals surface area contributed by atoms with Crippen LogP contribution in [0.25, 0.3) is 22.1 Å². The lowest BCUT2D eigenvalue weighted by molar-refractivity contribution is -0.207. The molecule has 6 nitrogen and oxygen atoms in total. The SMILES string of the molecule is COC1(OC)C(=O)Nc2ccc(-c3ccc4oc(=O)ccc4c3)cc21. The Morgan fingerprint density at radius 3 is 2.40 bits per heavy atom. The molecule has 0 unspecified atom stereocenters. The minimum Gasteiger partial charge on any atom is -0.423 e. The molecule has 2 heterocycles. The van der Waals surface area contributed by atoms with Gasteiger partial charge in [0.05, 0.1) is 5.69 Å². The number of hydrogen-bond acceptors (Lipinski definition) is 5. The Morgan fingerprint density at radius 2 is 1.64 bits per heavy atom. The first-order valence-electron chi connectivity index (χ1n) is 7.68. The molecule has 3 aromatic rings. The van der Waals surface area contributed by atoms with Gasteiger partial charge in [0, 0.05) is 31.2 Å². The predicted octanol–water partition coefficient (Wildman–Crippen LogP) is 2.86. The summed E-state index contributed by atoms with van der Waals surface area (Å²) in [4.78, 5) is 23.6. The lowest BCUT2D eigenvalue weighted by Crippen LogP contribution is -2.38. The van der Waals surface area contributed by atoms with Crippen molar-refractivity contribution >= 4 is 22.6 Å². The molecular weight excluding hydrogens is 322 g/mol. The van der Waals surface area contributed by atoms with Crippen LogP contribution in [0.4, 0.5) is 5.69 Å². The van der Waals surface area contributed by atoms with Crippen LogP contribution in [-0.2, 0) is 20.1 Å². The zero-order valence-corrected chi connectivity index (χ0v) is 13.7. The third-order valence-electron chi connectivity index (χ3n) is 4.45. The molecule has 0 aliphatic carbocycles. The number of anilines is 1. The van der Waals surface area contributed by atoms with Crippen LogP contribution in [-0.4, -0.2) is 20.1 Å². The second-order valence-corrected chi connectivity index (χ2v) is 5.75. The summed E-state index contributed by atoms with van der Waals surface area (Å²) in [7, 11) is 2.87. The maximum atomic E-state index is 12.3. The van der Waals surface area contributed by atoms with Crippen molar-refractivity contribution in [2.45, 2.75) is 5.79 Å². The summed E-state index contributed by atoms with van der Waals surface area (Å²) < 4.78 is 15.9. The monoisotopic (exact) mass is 337 g/mol. The molecule has 2 aromatic carbocycles. The Balaban J connectivity index is 1.86. The largest absolute Gasteiger partial charge is 0.423 e. The van der Waals surface area contributed by atoms with E-state index in [1.54, 1.807) is 12.1 Å². The quantitative estimate of drug-likeness (QED) is 0.587. The number of carbonyl (C=O) groups is 1. The normalized spacial score (nSPS) is 15.2. The maximum Gasteiger partial charge on any atom is 0.336 e. The van der Waals surface area contributed by atoms with E-state index in [0.29, 0.717) is 16.8 Å². The molecule has 0 saturated carbocycles. The zero-order chi connectivity index (χ0) is 17.6. The third-order valence-corrected chi connectivity index (χ3v) is 4.45. The summed E-state index contributed by atoms with van der Waals surface area (Å²) in [6.07, 6.45) is 0. The molecule has 0 radical (unpaired) electrons. The van der Waals surface area contributed by atoms with E-state index in [0.717, 1.165) is 16.5 Å². The summed E-state index contributed by atoms with van der Waals surface area (Å²) in [5.41, 5.74) is 3.24. The highest BCUT2D eigenvalue weighted by molar-refractivity contribution is 6.04. The molecule has 6 heteroatoms. The van der Waals surface area contributed by atoms with Crippen molar-refractivity contribution in [1.29, 1.82) is 0 Å². The van der Waals surface area contributed by atoms with Gasteiger partial charge in [-0.05, 0) is 41.5 Å². The number of hydrogen-bond donors (Lipinski definition) is 1. The number of ether oxygens (including phenoxy) is 2. The molecule has 1 aliphatic heterocycles. The molecule has 0 saturated heterocycles. The lowest BCUT2D eigenvalue weighted by atomic mass is 9.98. The van der Waals surface area contributed by atoms with Gasteiger partial charge in [0.1, 0.15) is 5.58 Å². The van der Waals surface area contributed by atoms with Gasteiger partial charge in [0.2, 0.25) is 0 Å². The van der Waals surface area contributed by atoms with Crippen molar-refractivity contribution in [3.8, 4) is 11.1 Å². The second-order valence-electron chi connectivity index (χ2n) is 5.75. The van der Waals surface area contributed by atoms with Crippen LogP contribution in [0.3, 0.4) is 0 Å². The molecule has 0 bridgehead atoms. The summed E-state index contributed by atoms with van der Waals surface area (Å²) in [5.74, 6) is -1.81. The molecule has 0 spiro atoms. The topological polar surface area (TPSA) is 77.8 Å². The Morgan fingerprint density at radius 1 is 0.920 bits per heavy atom. The molecule has 1 N–H and O–H groups in total. The summed E-state index contributed by atoms with van der Waals surface area (Å²) >= 11 is 0. The van der Waals surface area contributed by atoms with Gasteiger partial charge in [-0.3, -0.25) is 4.79 Å². The number of amides is 1. The van der Waals surface area contributed by atoms with Gasteiger partial charge in [0.25, 0.3) is 11.7 Å². The number of benzene rings is 2. The van der Waals surface area contributed by atoms with Gasteiger partial charge in [-0.1, -0.05) is 12.1 Å². The van der Waals surface area contributed by atoms with Gasteiger partial charge < -0.3 is 19.2 Å². The van der Waals surface area contributed by atoms with Crippen LogP contribution in [0.1, 0.15) is 5.56 Å². The maximum absolute atomic E-state index is 12.3. The van der Waals surface area contributed by atoms with E-state index < -0.39 is 5.79 Å². The first kappa shape index (κ1) is 15.6. The van der Waals surface area contributed by atoms with Gasteiger partial charge in [-0.25, -0.2) is 4.79 Å². The van der Waals surface area contributed by atoms with Crippen molar-refractivity contribution in [3.63, 3.8) is 0 Å². The van der Waals surface area contributed by atoms with Crippen LogP contribution in [0.5, 0.6) is 0 Å². The molecule has 0 atom stereocenters. The van der Waals surface area contributed by atoms with Crippen LogP contribution in [0.2, 0.25) is 0 Å². The van der Waals surface area contributed by atoms with E-state index in [4.69, 9.17) is 13.9 Å². The van der Waals surface area contributed by atoms with Crippen LogP contribution in [0.15, 0.2) is 57.7 Å². The first-order chi connectivity index (χ1) is 12.1. The fourth-order valence-corrected chi connectivity index (χ4v) is 3.17. The Bertz CT molecular complexity index is 1050. The van der Waals surface area contributed by atoms with E-state index in [9.17, 15) is 9.59 Å². The standard InChI is InChI=1S/C19H15NO5/c1-23-19(24-2)14-10-12(3-6-15(14)20-18(19)22)11-4-7-16-13(9-11)5-8-17(21)25-16/h3-10H,1-2H3,(H,20,22). The fourth-order valence-electron chi connectivity index (χ4n) is 3.17. The minimum absolute atomic E-state index is 0.357. The highest BCUT2D eigenvalue weighted by Crippen LogP contribution is 2.41. The number of rotatable bonds is 3. The molecule has 0 fully saturated rings. The van der Waals surface area contributed by atoms with E-state index in [2.05, 4.69) is 5.32 Å². The van der Waals surface area contributed by atoms with Gasteiger partial charge >= 0.3 is 5.63 Å². The first-order valence-corrected chi connectivity index (χ1v) is 7.68. The summed E-state index contributed by atoms with van der Waals surface area (Å²) in [6.45, 7) is 0. The van der Waals surface area contributed by atoms with E-state index in [-0.39, 0.29) is 11.5 Å². The highest BCUT2D eigenvalue weighted by Gasteiger charge is 2.48. The molecular formula is C19H15NO5. The van der Waals surface area contributed by atoms with Crippen molar-refractivity contribution in [1.82, 2.24) is 0 Å². The van der Waals surface area contributed by atoms with Crippen LogP contribution < -0.4 is 10.9 Å².